The molecule has 11 heavy (non-hydrogen) atoms. The quantitative estimate of drug-likeness (QED) is 0.565. The Bertz CT molecular complexity index is 534. The molecule has 0 bridgehead atoms. The zero-order valence-corrected chi connectivity index (χ0v) is 5.47. The lowest BCUT2D eigenvalue weighted by Gasteiger charge is -2.05. The van der Waals surface area contributed by atoms with Crippen LogP contribution in [0.2, 0.25) is 0 Å². The minimum Gasteiger partial charge on any atom is -0.423 e. The van der Waals surface area contributed by atoms with E-state index in [4.69, 9.17) is 12.3 Å². The van der Waals surface area contributed by atoms with Gasteiger partial charge in [0, 0.05) is 8.22 Å². The summed E-state index contributed by atoms with van der Waals surface area (Å²) >= 11 is 0. The van der Waals surface area contributed by atoms with Gasteiger partial charge in [-0.25, -0.2) is 0 Å². The molecule has 1 aromatic rings. The van der Waals surface area contributed by atoms with Gasteiger partial charge in [-0.1, -0.05) is 18.1 Å². The Morgan fingerprint density at radius 3 is 2.82 bits per heavy atom. The van der Waals surface area contributed by atoms with Crippen molar-refractivity contribution in [1.82, 2.24) is 0 Å². The van der Waals surface area contributed by atoms with E-state index < -0.39 is 55.5 Å². The minimum absolute atomic E-state index is 0.868. The molecule has 0 spiro atoms. The summed E-state index contributed by atoms with van der Waals surface area (Å²) in [6.45, 7) is -6.10. The summed E-state index contributed by atoms with van der Waals surface area (Å²) in [7, 11) is -2.43. The van der Waals surface area contributed by atoms with Gasteiger partial charge in [0.1, 0.15) is 0 Å². The van der Waals surface area contributed by atoms with Crippen LogP contribution in [0.15, 0.2) is 18.1 Å². The van der Waals surface area contributed by atoms with Gasteiger partial charge >= 0.3 is 7.12 Å². The molecule has 0 aliphatic heterocycles. The molecular formula is C8H11BO2. The molecule has 0 unspecified atom stereocenters. The van der Waals surface area contributed by atoms with Gasteiger partial charge in [0.2, 0.25) is 0 Å². The fourth-order valence-electron chi connectivity index (χ4n) is 0.614. The lowest BCUT2D eigenvalue weighted by Crippen LogP contribution is -2.32. The third kappa shape index (κ3) is 1.61. The van der Waals surface area contributed by atoms with Crippen molar-refractivity contribution in [2.75, 3.05) is 0 Å². The first-order valence-corrected chi connectivity index (χ1v) is 2.81. The van der Waals surface area contributed by atoms with Crippen molar-refractivity contribution in [1.29, 1.82) is 0 Å². The summed E-state index contributed by atoms with van der Waals surface area (Å²) in [6.07, 6.45) is 0. The maximum atomic E-state index is 9.21. The van der Waals surface area contributed by atoms with Crippen molar-refractivity contribution >= 4 is 12.6 Å². The smallest absolute Gasteiger partial charge is 0.423 e. The Morgan fingerprint density at radius 2 is 2.27 bits per heavy atom. The van der Waals surface area contributed by atoms with Gasteiger partial charge in [-0.3, -0.25) is 0 Å². The molecule has 0 heterocycles. The van der Waals surface area contributed by atoms with E-state index in [-0.39, 0.29) is 0 Å². The first-order chi connectivity index (χ1) is 8.80. The second-order valence-corrected chi connectivity index (χ2v) is 1.91. The molecule has 58 valence electrons. The van der Waals surface area contributed by atoms with Gasteiger partial charge in [-0.15, -0.1) is 0 Å². The van der Waals surface area contributed by atoms with Crippen LogP contribution in [0.25, 0.3) is 0 Å². The van der Waals surface area contributed by atoms with Crippen LogP contribution in [0.3, 0.4) is 0 Å². The monoisotopic (exact) mass is 159 g/mol. The molecule has 0 atom stereocenters. The van der Waals surface area contributed by atoms with Crippen LogP contribution in [0.5, 0.6) is 0 Å². The van der Waals surface area contributed by atoms with Gasteiger partial charge in [-0.2, -0.15) is 0 Å². The Labute approximate surface area is 79.3 Å². The summed E-state index contributed by atoms with van der Waals surface area (Å²) in [5, 5.41) is 18.4. The zero-order chi connectivity index (χ0) is 16.0. The molecule has 0 radical (unpaired) electrons. The highest BCUT2D eigenvalue weighted by molar-refractivity contribution is 6.59. The van der Waals surface area contributed by atoms with Crippen LogP contribution in [0.1, 0.15) is 23.5 Å². The Balaban J connectivity index is 4.02. The van der Waals surface area contributed by atoms with Crippen LogP contribution in [-0.2, 0) is 0 Å². The van der Waals surface area contributed by atoms with Gasteiger partial charge in [0.05, 0.1) is 4.11 Å². The largest absolute Gasteiger partial charge is 0.488 e. The predicted molar refractivity (Wildman–Crippen MR) is 45.7 cm³/mol. The first-order valence-electron chi connectivity index (χ1n) is 7.31. The van der Waals surface area contributed by atoms with E-state index in [9.17, 15) is 10.0 Å². The molecule has 3 heteroatoms. The third-order valence-corrected chi connectivity index (χ3v) is 1.16. The van der Waals surface area contributed by atoms with E-state index in [1.165, 1.54) is 0 Å². The van der Waals surface area contributed by atoms with E-state index in [1.54, 1.807) is 0 Å². The van der Waals surface area contributed by atoms with Crippen molar-refractivity contribution in [2.24, 2.45) is 0 Å². The average molecular weight is 159 g/mol. The van der Waals surface area contributed by atoms with E-state index >= 15 is 0 Å². The summed E-state index contributed by atoms with van der Waals surface area (Å²) in [5.74, 6) is 0. The van der Waals surface area contributed by atoms with Crippen molar-refractivity contribution < 1.29 is 22.4 Å². The summed E-state index contributed by atoms with van der Waals surface area (Å²) < 4.78 is 66.4. The standard InChI is InChI=1S/C8H11BO2/c1-6-4-3-5-8(7(6)2)9(10)11/h3-5,10-11H,1-2H3/i1D3,2D3,3D,4D,5D. The summed E-state index contributed by atoms with van der Waals surface area (Å²) in [4.78, 5) is 0. The lowest BCUT2D eigenvalue weighted by molar-refractivity contribution is 0.425. The SMILES string of the molecule is [2H]c1c([2H])c(B(O)O)c(C([2H])([2H])[2H])c(C([2H])([2H])[2H])c1[2H]. The highest BCUT2D eigenvalue weighted by atomic mass is 16.4. The topological polar surface area (TPSA) is 40.5 Å². The fourth-order valence-corrected chi connectivity index (χ4v) is 0.614. The fraction of sp³-hybridized carbons (Fsp3) is 0.250. The summed E-state index contributed by atoms with van der Waals surface area (Å²) in [5.41, 5.74) is -2.81. The van der Waals surface area contributed by atoms with Crippen molar-refractivity contribution in [3.8, 4) is 0 Å². The molecule has 0 saturated carbocycles. The second-order valence-electron chi connectivity index (χ2n) is 1.91. The average Bonchev–Trinajstić information content (AvgIpc) is 2.21. The highest BCUT2D eigenvalue weighted by Crippen LogP contribution is 2.02. The Kier molecular flexibility index (Phi) is 0.655. The van der Waals surface area contributed by atoms with Gasteiger partial charge in [0.15, 0.2) is 0 Å². The molecule has 0 aromatic heterocycles. The molecule has 0 aliphatic carbocycles. The predicted octanol–water partition coefficient (Wildman–Crippen LogP) is -0.0168. The Morgan fingerprint density at radius 1 is 1.45 bits per heavy atom. The molecule has 0 saturated heterocycles. The number of hydrogen-bond donors (Lipinski definition) is 2. The van der Waals surface area contributed by atoms with Crippen LogP contribution < -0.4 is 5.46 Å². The number of hydrogen-bond acceptors (Lipinski definition) is 2. The molecule has 1 aromatic carbocycles. The molecule has 0 fully saturated rings. The van der Waals surface area contributed by atoms with E-state index in [1.807, 2.05) is 0 Å². The molecule has 0 aliphatic rings. The molecule has 0 amide bonds. The minimum atomic E-state index is -3.07. The van der Waals surface area contributed by atoms with Crippen LogP contribution >= 0.6 is 0 Å². The molecular weight excluding hydrogens is 139 g/mol. The zero-order valence-electron chi connectivity index (χ0n) is 14.5. The van der Waals surface area contributed by atoms with Gasteiger partial charge < -0.3 is 10.0 Å². The van der Waals surface area contributed by atoms with Crippen LogP contribution in [0, 0.1) is 13.7 Å². The van der Waals surface area contributed by atoms with E-state index in [2.05, 4.69) is 0 Å². The van der Waals surface area contributed by atoms with E-state index in [0.29, 0.717) is 0 Å². The summed E-state index contributed by atoms with van der Waals surface area (Å²) in [6, 6.07) is -2.68. The Hall–Kier alpha value is -0.795. The van der Waals surface area contributed by atoms with Crippen LogP contribution in [0.4, 0.5) is 0 Å². The lowest BCUT2D eigenvalue weighted by atomic mass is 9.76. The van der Waals surface area contributed by atoms with E-state index in [0.717, 1.165) is 0 Å². The van der Waals surface area contributed by atoms with Crippen molar-refractivity contribution in [3.05, 3.63) is 29.3 Å². The maximum Gasteiger partial charge on any atom is 0.488 e. The van der Waals surface area contributed by atoms with Gasteiger partial charge in [-0.05, 0) is 30.3 Å². The van der Waals surface area contributed by atoms with Gasteiger partial charge in [0.25, 0.3) is 0 Å². The van der Waals surface area contributed by atoms with Crippen molar-refractivity contribution in [2.45, 2.75) is 13.7 Å². The second kappa shape index (κ2) is 3.07. The number of rotatable bonds is 1. The first kappa shape index (κ1) is 2.34. The highest BCUT2D eigenvalue weighted by Gasteiger charge is 2.13. The molecule has 2 N–H and O–H groups in total. The normalized spacial score (nSPS) is 24.0. The maximum absolute atomic E-state index is 9.21. The van der Waals surface area contributed by atoms with Crippen LogP contribution in [-0.4, -0.2) is 17.2 Å². The molecule has 1 rings (SSSR count). The third-order valence-electron chi connectivity index (χ3n) is 1.16. The van der Waals surface area contributed by atoms with Crippen molar-refractivity contribution in [3.63, 3.8) is 0 Å². The molecule has 2 nitrogen and oxygen atoms in total. The number of benzene rings is 1.